The summed E-state index contributed by atoms with van der Waals surface area (Å²) in [5.74, 6) is 0.198. The summed E-state index contributed by atoms with van der Waals surface area (Å²) in [6, 6.07) is 13.3. The highest BCUT2D eigenvalue weighted by Gasteiger charge is 2.27. The Labute approximate surface area is 157 Å². The van der Waals surface area contributed by atoms with Gasteiger partial charge < -0.3 is 10.2 Å². The Morgan fingerprint density at radius 3 is 2.37 bits per heavy atom. The number of nitro groups is 1. The molecule has 1 aromatic carbocycles. The third kappa shape index (κ3) is 5.13. The standard InChI is InChI=1S/C18H19N7O2/c1-14(15-7-3-2-4-8-15)23-17-16(25(26)27)18(22-13-21-17)24(11-5-9-19)12-6-10-20/h2-4,7-8,13-14H,5-6,11-12H2,1H3,(H,21,22,23). The van der Waals surface area contributed by atoms with Crippen molar-refractivity contribution in [2.75, 3.05) is 23.3 Å². The van der Waals surface area contributed by atoms with Gasteiger partial charge in [-0.15, -0.1) is 0 Å². The van der Waals surface area contributed by atoms with E-state index >= 15 is 0 Å². The Balaban J connectivity index is 2.38. The first-order chi connectivity index (χ1) is 13.1. The summed E-state index contributed by atoms with van der Waals surface area (Å²) >= 11 is 0. The van der Waals surface area contributed by atoms with Crippen molar-refractivity contribution < 1.29 is 4.92 Å². The summed E-state index contributed by atoms with van der Waals surface area (Å²) in [6.45, 7) is 2.36. The summed E-state index contributed by atoms with van der Waals surface area (Å²) in [6.07, 6.45) is 1.57. The molecule has 2 rings (SSSR count). The van der Waals surface area contributed by atoms with Gasteiger partial charge in [0.1, 0.15) is 6.33 Å². The average molecular weight is 365 g/mol. The van der Waals surface area contributed by atoms with Crippen LogP contribution in [0.1, 0.15) is 31.4 Å². The van der Waals surface area contributed by atoms with E-state index in [4.69, 9.17) is 10.5 Å². The molecule has 1 aromatic heterocycles. The number of nitriles is 2. The highest BCUT2D eigenvalue weighted by molar-refractivity contribution is 5.70. The molecule has 27 heavy (non-hydrogen) atoms. The number of aromatic nitrogens is 2. The lowest BCUT2D eigenvalue weighted by Gasteiger charge is -2.22. The predicted octanol–water partition coefficient (Wildman–Crippen LogP) is 3.19. The highest BCUT2D eigenvalue weighted by Crippen LogP contribution is 2.33. The van der Waals surface area contributed by atoms with Crippen molar-refractivity contribution in [1.29, 1.82) is 10.5 Å². The maximum atomic E-state index is 11.7. The second-order valence-corrected chi connectivity index (χ2v) is 5.73. The first kappa shape index (κ1) is 19.6. The molecule has 0 saturated carbocycles. The monoisotopic (exact) mass is 365 g/mol. The van der Waals surface area contributed by atoms with E-state index in [1.54, 1.807) is 4.90 Å². The SMILES string of the molecule is CC(Nc1ncnc(N(CCC#N)CCC#N)c1[N+](=O)[O-])c1ccccc1. The van der Waals surface area contributed by atoms with Gasteiger partial charge in [0.2, 0.25) is 11.6 Å². The average Bonchev–Trinajstić information content (AvgIpc) is 2.68. The van der Waals surface area contributed by atoms with E-state index in [0.29, 0.717) is 0 Å². The lowest BCUT2D eigenvalue weighted by atomic mass is 10.1. The highest BCUT2D eigenvalue weighted by atomic mass is 16.6. The number of nitrogens with zero attached hydrogens (tertiary/aromatic N) is 6. The zero-order chi connectivity index (χ0) is 19.6. The van der Waals surface area contributed by atoms with Gasteiger partial charge in [0.05, 0.1) is 35.9 Å². The largest absolute Gasteiger partial charge is 0.358 e. The molecule has 0 aliphatic heterocycles. The van der Waals surface area contributed by atoms with Crippen LogP contribution in [0.15, 0.2) is 36.7 Å². The maximum Gasteiger partial charge on any atom is 0.353 e. The van der Waals surface area contributed by atoms with Crippen LogP contribution in [-0.2, 0) is 0 Å². The fraction of sp³-hybridized carbons (Fsp3) is 0.333. The van der Waals surface area contributed by atoms with Crippen LogP contribution in [0.4, 0.5) is 17.3 Å². The molecule has 138 valence electrons. The van der Waals surface area contributed by atoms with Crippen molar-refractivity contribution in [3.05, 3.63) is 52.3 Å². The number of benzene rings is 1. The van der Waals surface area contributed by atoms with Crippen LogP contribution >= 0.6 is 0 Å². The fourth-order valence-corrected chi connectivity index (χ4v) is 2.60. The molecule has 9 heteroatoms. The minimum atomic E-state index is -0.541. The van der Waals surface area contributed by atoms with Crippen LogP contribution in [-0.4, -0.2) is 28.0 Å². The molecule has 9 nitrogen and oxygen atoms in total. The third-order valence-corrected chi connectivity index (χ3v) is 3.92. The number of anilines is 2. The van der Waals surface area contributed by atoms with Crippen LogP contribution in [0.2, 0.25) is 0 Å². The van der Waals surface area contributed by atoms with Gasteiger partial charge >= 0.3 is 5.69 Å². The molecule has 2 aromatic rings. The van der Waals surface area contributed by atoms with Crippen LogP contribution in [0, 0.1) is 32.8 Å². The van der Waals surface area contributed by atoms with Crippen molar-refractivity contribution in [2.24, 2.45) is 0 Å². The van der Waals surface area contributed by atoms with Crippen molar-refractivity contribution in [3.8, 4) is 12.1 Å². The molecule has 0 amide bonds. The Hall–Kier alpha value is -3.72. The normalized spacial score (nSPS) is 11.1. The number of hydrogen-bond acceptors (Lipinski definition) is 8. The quantitative estimate of drug-likeness (QED) is 0.529. The van der Waals surface area contributed by atoms with Crippen LogP contribution in [0.3, 0.4) is 0 Å². The van der Waals surface area contributed by atoms with Gasteiger partial charge in [-0.3, -0.25) is 10.1 Å². The Morgan fingerprint density at radius 1 is 1.19 bits per heavy atom. The number of rotatable bonds is 9. The zero-order valence-corrected chi connectivity index (χ0v) is 14.9. The zero-order valence-electron chi connectivity index (χ0n) is 14.9. The molecule has 0 aliphatic rings. The van der Waals surface area contributed by atoms with E-state index in [9.17, 15) is 10.1 Å². The van der Waals surface area contributed by atoms with Crippen LogP contribution in [0.25, 0.3) is 0 Å². The van der Waals surface area contributed by atoms with Crippen LogP contribution in [0.5, 0.6) is 0 Å². The van der Waals surface area contributed by atoms with Gasteiger partial charge in [-0.1, -0.05) is 30.3 Å². The Bertz CT molecular complexity index is 840. The van der Waals surface area contributed by atoms with Crippen molar-refractivity contribution >= 4 is 17.3 Å². The smallest absolute Gasteiger partial charge is 0.353 e. The van der Waals surface area contributed by atoms with Crippen molar-refractivity contribution in [3.63, 3.8) is 0 Å². The molecule has 1 N–H and O–H groups in total. The topological polar surface area (TPSA) is 132 Å². The van der Waals surface area contributed by atoms with Gasteiger partial charge in [-0.2, -0.15) is 10.5 Å². The number of nitrogens with one attached hydrogen (secondary N) is 1. The lowest BCUT2D eigenvalue weighted by molar-refractivity contribution is -0.383. The van der Waals surface area contributed by atoms with Gasteiger partial charge in [-0.05, 0) is 12.5 Å². The van der Waals surface area contributed by atoms with E-state index in [1.807, 2.05) is 49.4 Å². The molecule has 1 heterocycles. The fourth-order valence-electron chi connectivity index (χ4n) is 2.60. The minimum Gasteiger partial charge on any atom is -0.358 e. The van der Waals surface area contributed by atoms with E-state index in [1.165, 1.54) is 6.33 Å². The molecule has 1 atom stereocenters. The second-order valence-electron chi connectivity index (χ2n) is 5.73. The number of hydrogen-bond donors (Lipinski definition) is 1. The molecule has 1 unspecified atom stereocenters. The van der Waals surface area contributed by atoms with Crippen molar-refractivity contribution in [1.82, 2.24) is 9.97 Å². The predicted molar refractivity (Wildman–Crippen MR) is 99.8 cm³/mol. The first-order valence-corrected chi connectivity index (χ1v) is 8.38. The van der Waals surface area contributed by atoms with Gasteiger partial charge in [0.25, 0.3) is 0 Å². The van der Waals surface area contributed by atoms with Gasteiger partial charge in [0, 0.05) is 13.1 Å². The van der Waals surface area contributed by atoms with E-state index in [-0.39, 0.29) is 49.3 Å². The maximum absolute atomic E-state index is 11.7. The molecule has 0 aliphatic carbocycles. The van der Waals surface area contributed by atoms with Crippen LogP contribution < -0.4 is 10.2 Å². The lowest BCUT2D eigenvalue weighted by Crippen LogP contribution is -2.27. The summed E-state index contributed by atoms with van der Waals surface area (Å²) in [5, 5.41) is 32.5. The molecule has 0 bridgehead atoms. The van der Waals surface area contributed by atoms with Gasteiger partial charge in [0.15, 0.2) is 0 Å². The van der Waals surface area contributed by atoms with E-state index in [2.05, 4.69) is 15.3 Å². The first-order valence-electron chi connectivity index (χ1n) is 8.38. The molecule has 0 saturated heterocycles. The van der Waals surface area contributed by atoms with Gasteiger partial charge in [-0.25, -0.2) is 9.97 Å². The molecular formula is C18H19N7O2. The minimum absolute atomic E-state index is 0.0975. The Morgan fingerprint density at radius 2 is 1.81 bits per heavy atom. The molecule has 0 spiro atoms. The Kier molecular flexibility index (Phi) is 7.03. The van der Waals surface area contributed by atoms with E-state index < -0.39 is 4.92 Å². The summed E-state index contributed by atoms with van der Waals surface area (Å²) in [7, 11) is 0. The van der Waals surface area contributed by atoms with Crippen molar-refractivity contribution in [2.45, 2.75) is 25.8 Å². The summed E-state index contributed by atoms with van der Waals surface area (Å²) in [5.41, 5.74) is 0.689. The summed E-state index contributed by atoms with van der Waals surface area (Å²) in [4.78, 5) is 20.9. The second kappa shape index (κ2) is 9.68. The molecular weight excluding hydrogens is 346 g/mol. The summed E-state index contributed by atoms with van der Waals surface area (Å²) < 4.78 is 0. The third-order valence-electron chi connectivity index (χ3n) is 3.92. The molecule has 0 fully saturated rings. The molecule has 0 radical (unpaired) electrons. The van der Waals surface area contributed by atoms with E-state index in [0.717, 1.165) is 5.56 Å².